The molecule has 3 aliphatic rings. The van der Waals surface area contributed by atoms with Crippen molar-refractivity contribution >= 4 is 34.3 Å². The second-order valence-corrected chi connectivity index (χ2v) is 11.7. The summed E-state index contributed by atoms with van der Waals surface area (Å²) >= 11 is 1.25. The van der Waals surface area contributed by atoms with Gasteiger partial charge >= 0.3 is 12.1 Å². The molecule has 4 heterocycles. The highest BCUT2D eigenvalue weighted by Crippen LogP contribution is 2.46. The average Bonchev–Trinajstić information content (AvgIpc) is 3.59. The van der Waals surface area contributed by atoms with Gasteiger partial charge < -0.3 is 19.9 Å². The molecule has 2 amide bonds. The average molecular weight is 580 g/mol. The number of aromatic nitrogens is 2. The number of rotatable bonds is 5. The Balaban J connectivity index is 1.40. The number of likely N-dealkylation sites (tertiary alicyclic amines) is 1. The van der Waals surface area contributed by atoms with Gasteiger partial charge in [-0.1, -0.05) is 0 Å². The SMILES string of the molecule is COC(=O)C1CCN(C2CCC(C(=O)N3CCc4ncc(C(F)(F)F)cc4C3)(c3csc(NC(C)=O)n3)C2)CC1. The van der Waals surface area contributed by atoms with Crippen LogP contribution in [0.5, 0.6) is 0 Å². The normalized spacial score (nSPS) is 24.0. The minimum absolute atomic E-state index is 0.0463. The summed E-state index contributed by atoms with van der Waals surface area (Å²) in [6, 6.07) is 1.18. The molecule has 1 N–H and O–H groups in total. The zero-order valence-corrected chi connectivity index (χ0v) is 23.2. The highest BCUT2D eigenvalue weighted by atomic mass is 32.1. The second-order valence-electron chi connectivity index (χ2n) is 10.8. The summed E-state index contributed by atoms with van der Waals surface area (Å²) < 4.78 is 45.0. The molecule has 2 unspecified atom stereocenters. The largest absolute Gasteiger partial charge is 0.469 e. The number of carbonyl (C=O) groups is 3. The fourth-order valence-electron chi connectivity index (χ4n) is 6.29. The van der Waals surface area contributed by atoms with Crippen LogP contribution in [0.15, 0.2) is 17.6 Å². The number of thiazole rings is 1. The first-order valence-electron chi connectivity index (χ1n) is 13.4. The van der Waals surface area contributed by atoms with Gasteiger partial charge in [0.15, 0.2) is 5.13 Å². The van der Waals surface area contributed by atoms with Crippen molar-refractivity contribution in [1.82, 2.24) is 19.8 Å². The number of hydrogen-bond acceptors (Lipinski definition) is 8. The second kappa shape index (κ2) is 11.1. The van der Waals surface area contributed by atoms with Crippen LogP contribution in [0.4, 0.5) is 18.3 Å². The predicted molar refractivity (Wildman–Crippen MR) is 140 cm³/mol. The van der Waals surface area contributed by atoms with Crippen molar-refractivity contribution in [3.8, 4) is 0 Å². The van der Waals surface area contributed by atoms with Crippen molar-refractivity contribution in [2.45, 2.75) is 69.6 Å². The number of methoxy groups -OCH3 is 1. The number of esters is 1. The van der Waals surface area contributed by atoms with Crippen LogP contribution in [0.1, 0.15) is 61.5 Å². The Bertz CT molecular complexity index is 1290. The molecule has 0 bridgehead atoms. The number of carbonyl (C=O) groups excluding carboxylic acids is 3. The third-order valence-electron chi connectivity index (χ3n) is 8.41. The van der Waals surface area contributed by atoms with E-state index in [-0.39, 0.29) is 36.3 Å². The molecule has 9 nitrogen and oxygen atoms in total. The van der Waals surface area contributed by atoms with E-state index in [1.807, 2.05) is 0 Å². The van der Waals surface area contributed by atoms with Gasteiger partial charge in [-0.25, -0.2) is 4.98 Å². The van der Waals surface area contributed by atoms with Gasteiger partial charge in [0.05, 0.1) is 29.7 Å². The Labute approximate surface area is 234 Å². The number of ether oxygens (including phenoxy) is 1. The predicted octanol–water partition coefficient (Wildman–Crippen LogP) is 3.78. The van der Waals surface area contributed by atoms with Crippen LogP contribution in [-0.4, -0.2) is 70.3 Å². The summed E-state index contributed by atoms with van der Waals surface area (Å²) in [5.74, 6) is -0.754. The number of pyridine rings is 1. The lowest BCUT2D eigenvalue weighted by molar-refractivity contribution is -0.147. The van der Waals surface area contributed by atoms with Crippen molar-refractivity contribution in [3.05, 3.63) is 40.2 Å². The summed E-state index contributed by atoms with van der Waals surface area (Å²) in [6.07, 6.45) is -0.156. The lowest BCUT2D eigenvalue weighted by atomic mass is 9.80. The fraction of sp³-hybridized carbons (Fsp3) is 0.593. The minimum Gasteiger partial charge on any atom is -0.469 e. The molecule has 40 heavy (non-hydrogen) atoms. The third-order valence-corrected chi connectivity index (χ3v) is 9.17. The van der Waals surface area contributed by atoms with Crippen LogP contribution in [0.2, 0.25) is 0 Å². The quantitative estimate of drug-likeness (QED) is 0.538. The third kappa shape index (κ3) is 5.58. The number of nitrogens with one attached hydrogen (secondary N) is 1. The van der Waals surface area contributed by atoms with E-state index in [9.17, 15) is 27.6 Å². The maximum Gasteiger partial charge on any atom is 0.417 e. The number of piperidine rings is 1. The highest BCUT2D eigenvalue weighted by Gasteiger charge is 2.52. The highest BCUT2D eigenvalue weighted by molar-refractivity contribution is 7.14. The van der Waals surface area contributed by atoms with Crippen molar-refractivity contribution in [2.24, 2.45) is 5.92 Å². The first-order chi connectivity index (χ1) is 19.0. The Kier molecular flexibility index (Phi) is 7.88. The summed E-state index contributed by atoms with van der Waals surface area (Å²) in [6.45, 7) is 3.21. The van der Waals surface area contributed by atoms with Crippen LogP contribution in [-0.2, 0) is 43.7 Å². The van der Waals surface area contributed by atoms with Crippen molar-refractivity contribution < 1.29 is 32.3 Å². The van der Waals surface area contributed by atoms with Gasteiger partial charge in [0.2, 0.25) is 11.8 Å². The fourth-order valence-corrected chi connectivity index (χ4v) is 7.15. The van der Waals surface area contributed by atoms with Gasteiger partial charge in [-0.2, -0.15) is 13.2 Å². The summed E-state index contributed by atoms with van der Waals surface area (Å²) in [4.78, 5) is 50.6. The van der Waals surface area contributed by atoms with E-state index in [0.29, 0.717) is 73.8 Å². The van der Waals surface area contributed by atoms with Crippen molar-refractivity contribution in [3.63, 3.8) is 0 Å². The molecule has 5 rings (SSSR count). The van der Waals surface area contributed by atoms with Crippen molar-refractivity contribution in [2.75, 3.05) is 32.1 Å². The minimum atomic E-state index is -4.52. The van der Waals surface area contributed by atoms with Gasteiger partial charge in [0.25, 0.3) is 0 Å². The molecular weight excluding hydrogens is 547 g/mol. The molecule has 0 spiro atoms. The van der Waals surface area contributed by atoms with Gasteiger partial charge in [-0.15, -0.1) is 11.3 Å². The smallest absolute Gasteiger partial charge is 0.417 e. The van der Waals surface area contributed by atoms with Gasteiger partial charge in [-0.3, -0.25) is 19.4 Å². The lowest BCUT2D eigenvalue weighted by Crippen LogP contribution is -2.49. The van der Waals surface area contributed by atoms with Gasteiger partial charge in [0, 0.05) is 49.7 Å². The molecule has 2 aromatic heterocycles. The number of hydrogen-bond donors (Lipinski definition) is 1. The van der Waals surface area contributed by atoms with Crippen LogP contribution >= 0.6 is 11.3 Å². The number of anilines is 1. The molecule has 1 saturated carbocycles. The molecule has 2 atom stereocenters. The van der Waals surface area contributed by atoms with E-state index in [4.69, 9.17) is 4.74 Å². The monoisotopic (exact) mass is 579 g/mol. The van der Waals surface area contributed by atoms with E-state index in [0.717, 1.165) is 18.7 Å². The summed E-state index contributed by atoms with van der Waals surface area (Å²) in [5.41, 5.74) is -0.243. The Morgan fingerprint density at radius 2 is 1.93 bits per heavy atom. The van der Waals surface area contributed by atoms with E-state index in [2.05, 4.69) is 20.2 Å². The topological polar surface area (TPSA) is 105 Å². The summed E-state index contributed by atoms with van der Waals surface area (Å²) in [7, 11) is 1.40. The van der Waals surface area contributed by atoms with E-state index < -0.39 is 17.2 Å². The first kappa shape index (κ1) is 28.5. The van der Waals surface area contributed by atoms with E-state index >= 15 is 0 Å². The molecule has 216 valence electrons. The number of amides is 2. The van der Waals surface area contributed by atoms with E-state index in [1.165, 1.54) is 25.4 Å². The molecule has 0 radical (unpaired) electrons. The maximum absolute atomic E-state index is 14.3. The van der Waals surface area contributed by atoms with Crippen LogP contribution in [0.3, 0.4) is 0 Å². The molecule has 13 heteroatoms. The molecule has 2 aromatic rings. The molecule has 1 saturated heterocycles. The van der Waals surface area contributed by atoms with Crippen LogP contribution in [0.25, 0.3) is 0 Å². The summed E-state index contributed by atoms with van der Waals surface area (Å²) in [5, 5.41) is 4.89. The maximum atomic E-state index is 14.3. The lowest BCUT2D eigenvalue weighted by Gasteiger charge is -2.38. The van der Waals surface area contributed by atoms with Gasteiger partial charge in [-0.05, 0) is 56.8 Å². The number of fused-ring (bicyclic) bond motifs is 1. The van der Waals surface area contributed by atoms with E-state index in [1.54, 1.807) is 10.3 Å². The zero-order chi connectivity index (χ0) is 28.7. The Hall–Kier alpha value is -3.06. The number of alkyl halides is 3. The van der Waals surface area contributed by atoms with Crippen molar-refractivity contribution in [1.29, 1.82) is 0 Å². The Morgan fingerprint density at radius 3 is 2.60 bits per heavy atom. The number of halogens is 3. The zero-order valence-electron chi connectivity index (χ0n) is 22.4. The number of nitrogens with zero attached hydrogens (tertiary/aromatic N) is 4. The van der Waals surface area contributed by atoms with Crippen LogP contribution < -0.4 is 5.32 Å². The molecule has 2 fully saturated rings. The molecule has 0 aromatic carbocycles. The molecular formula is C27H32F3N5O4S. The first-order valence-corrected chi connectivity index (χ1v) is 14.3. The van der Waals surface area contributed by atoms with Gasteiger partial charge in [0.1, 0.15) is 0 Å². The molecule has 1 aliphatic carbocycles. The Morgan fingerprint density at radius 1 is 1.18 bits per heavy atom. The molecule has 2 aliphatic heterocycles. The standard InChI is InChI=1S/C27H32F3N5O4S/c1-16(36)32-25-33-22(15-40-25)26(7-3-20(12-26)34-8-4-17(5-9-34)23(37)39-2)24(38)35-10-6-21-18(14-35)11-19(13-31-21)27(28,29)30/h11,13,15,17,20H,3-10,12,14H2,1-2H3,(H,32,33,36). The van der Waals surface area contributed by atoms with Crippen LogP contribution in [0, 0.1) is 5.92 Å².